The first-order valence-corrected chi connectivity index (χ1v) is 7.51. The summed E-state index contributed by atoms with van der Waals surface area (Å²) < 4.78 is 23.7. The van der Waals surface area contributed by atoms with Gasteiger partial charge in [0.05, 0.1) is 12.6 Å². The van der Waals surface area contributed by atoms with Crippen molar-refractivity contribution in [2.45, 2.75) is 11.0 Å². The lowest BCUT2D eigenvalue weighted by Crippen LogP contribution is -2.04. The quantitative estimate of drug-likeness (QED) is 0.688. The van der Waals surface area contributed by atoms with Crippen molar-refractivity contribution in [1.82, 2.24) is 4.98 Å². The number of rotatable bonds is 4. The molecule has 0 unspecified atom stereocenters. The zero-order valence-electron chi connectivity index (χ0n) is 11.7. The molecule has 3 rings (SSSR count). The average Bonchev–Trinajstić information content (AvgIpc) is 2.53. The molecule has 1 heterocycles. The molecule has 0 spiro atoms. The molecular formula is C16H12FNO3S. The number of hydrogen-bond donors (Lipinski definition) is 0. The molecule has 112 valence electrons. The summed E-state index contributed by atoms with van der Waals surface area (Å²) in [7, 11) is 1.61. The van der Waals surface area contributed by atoms with Crippen LogP contribution in [0.5, 0.6) is 5.75 Å². The van der Waals surface area contributed by atoms with Gasteiger partial charge in [0.1, 0.15) is 17.0 Å². The second-order valence-corrected chi connectivity index (χ2v) is 5.46. The number of methoxy groups -OCH3 is 1. The van der Waals surface area contributed by atoms with Gasteiger partial charge < -0.3 is 9.15 Å². The molecule has 1 aromatic heterocycles. The largest absolute Gasteiger partial charge is 0.497 e. The predicted octanol–water partition coefficient (Wildman–Crippen LogP) is 3.63. The number of hydrogen-bond acceptors (Lipinski definition) is 5. The van der Waals surface area contributed by atoms with Crippen molar-refractivity contribution < 1.29 is 13.5 Å². The SMILES string of the molecule is COc1ccc(CSc2nc3cccc(F)c3c(=O)o2)cc1. The molecule has 0 fully saturated rings. The van der Waals surface area contributed by atoms with Crippen molar-refractivity contribution >= 4 is 22.7 Å². The Labute approximate surface area is 129 Å². The molecule has 2 aromatic carbocycles. The number of nitrogens with zero attached hydrogens (tertiary/aromatic N) is 1. The van der Waals surface area contributed by atoms with Gasteiger partial charge in [-0.3, -0.25) is 0 Å². The summed E-state index contributed by atoms with van der Waals surface area (Å²) in [5, 5.41) is 0.107. The van der Waals surface area contributed by atoms with Gasteiger partial charge in [-0.05, 0) is 29.8 Å². The summed E-state index contributed by atoms with van der Waals surface area (Å²) in [6.07, 6.45) is 0. The van der Waals surface area contributed by atoms with Crippen molar-refractivity contribution in [3.05, 3.63) is 64.3 Å². The van der Waals surface area contributed by atoms with E-state index in [0.717, 1.165) is 11.3 Å². The standard InChI is InChI=1S/C16H12FNO3S/c1-20-11-7-5-10(6-8-11)9-22-16-18-13-4-2-3-12(17)14(13)15(19)21-16/h2-8H,9H2,1H3. The lowest BCUT2D eigenvalue weighted by Gasteiger charge is -2.03. The van der Waals surface area contributed by atoms with Crippen LogP contribution in [0.25, 0.3) is 10.9 Å². The highest BCUT2D eigenvalue weighted by molar-refractivity contribution is 7.98. The lowest BCUT2D eigenvalue weighted by atomic mass is 10.2. The number of ether oxygens (including phenoxy) is 1. The van der Waals surface area contributed by atoms with E-state index in [1.807, 2.05) is 24.3 Å². The molecule has 3 aromatic rings. The van der Waals surface area contributed by atoms with Crippen LogP contribution in [-0.2, 0) is 5.75 Å². The van der Waals surface area contributed by atoms with Gasteiger partial charge in [0.15, 0.2) is 0 Å². The van der Waals surface area contributed by atoms with E-state index in [9.17, 15) is 9.18 Å². The second kappa shape index (κ2) is 6.19. The van der Waals surface area contributed by atoms with Crippen LogP contribution in [0.1, 0.15) is 5.56 Å². The topological polar surface area (TPSA) is 52.3 Å². The van der Waals surface area contributed by atoms with E-state index in [0.29, 0.717) is 11.3 Å². The highest BCUT2D eigenvalue weighted by Gasteiger charge is 2.11. The Kier molecular flexibility index (Phi) is 4.11. The van der Waals surface area contributed by atoms with E-state index >= 15 is 0 Å². The molecule has 4 nitrogen and oxygen atoms in total. The predicted molar refractivity (Wildman–Crippen MR) is 82.8 cm³/mol. The first-order valence-electron chi connectivity index (χ1n) is 6.52. The average molecular weight is 317 g/mol. The molecule has 0 N–H and O–H groups in total. The minimum Gasteiger partial charge on any atom is -0.497 e. The van der Waals surface area contributed by atoms with Crippen LogP contribution >= 0.6 is 11.8 Å². The number of thioether (sulfide) groups is 1. The third kappa shape index (κ3) is 2.96. The van der Waals surface area contributed by atoms with Gasteiger partial charge in [-0.25, -0.2) is 14.2 Å². The number of halogens is 1. The van der Waals surface area contributed by atoms with Crippen LogP contribution < -0.4 is 10.4 Å². The summed E-state index contributed by atoms with van der Waals surface area (Å²) in [5.74, 6) is 0.742. The molecular weight excluding hydrogens is 305 g/mol. The van der Waals surface area contributed by atoms with Gasteiger partial charge >= 0.3 is 5.63 Å². The van der Waals surface area contributed by atoms with Crippen molar-refractivity contribution in [2.24, 2.45) is 0 Å². The molecule has 0 saturated heterocycles. The fourth-order valence-corrected chi connectivity index (χ4v) is 2.77. The van der Waals surface area contributed by atoms with Crippen LogP contribution in [0.2, 0.25) is 0 Å². The summed E-state index contributed by atoms with van der Waals surface area (Å²) in [6, 6.07) is 11.9. The van der Waals surface area contributed by atoms with Gasteiger partial charge in [-0.15, -0.1) is 0 Å². The van der Waals surface area contributed by atoms with Crippen LogP contribution in [-0.4, -0.2) is 12.1 Å². The Morgan fingerprint density at radius 3 is 2.73 bits per heavy atom. The molecule has 6 heteroatoms. The molecule has 0 aliphatic carbocycles. The summed E-state index contributed by atoms with van der Waals surface area (Å²) >= 11 is 1.28. The number of benzene rings is 2. The molecule has 0 radical (unpaired) electrons. The van der Waals surface area contributed by atoms with E-state index in [-0.39, 0.29) is 10.6 Å². The minimum absolute atomic E-state index is 0.115. The maximum atomic E-state index is 13.6. The first-order chi connectivity index (χ1) is 10.7. The van der Waals surface area contributed by atoms with E-state index in [4.69, 9.17) is 9.15 Å². The molecule has 0 bridgehead atoms. The first kappa shape index (κ1) is 14.6. The fourth-order valence-electron chi connectivity index (χ4n) is 1.99. The second-order valence-electron chi connectivity index (χ2n) is 4.54. The summed E-state index contributed by atoms with van der Waals surface area (Å²) in [6.45, 7) is 0. The van der Waals surface area contributed by atoms with Crippen LogP contribution in [0.4, 0.5) is 4.39 Å². The normalized spacial score (nSPS) is 10.8. The van der Waals surface area contributed by atoms with E-state index in [2.05, 4.69) is 4.98 Å². The third-order valence-electron chi connectivity index (χ3n) is 3.11. The minimum atomic E-state index is -0.708. The van der Waals surface area contributed by atoms with Gasteiger partial charge in [-0.2, -0.15) is 0 Å². The maximum Gasteiger partial charge on any atom is 0.350 e. The maximum absolute atomic E-state index is 13.6. The Morgan fingerprint density at radius 2 is 2.00 bits per heavy atom. The molecule has 0 aliphatic heterocycles. The van der Waals surface area contributed by atoms with Crippen molar-refractivity contribution in [3.8, 4) is 5.75 Å². The summed E-state index contributed by atoms with van der Waals surface area (Å²) in [4.78, 5) is 16.0. The van der Waals surface area contributed by atoms with Gasteiger partial charge in [-0.1, -0.05) is 30.0 Å². The van der Waals surface area contributed by atoms with Crippen molar-refractivity contribution in [2.75, 3.05) is 7.11 Å². The van der Waals surface area contributed by atoms with Gasteiger partial charge in [0, 0.05) is 5.75 Å². The van der Waals surface area contributed by atoms with Crippen molar-refractivity contribution in [1.29, 1.82) is 0 Å². The van der Waals surface area contributed by atoms with Crippen LogP contribution in [0.15, 0.2) is 56.9 Å². The zero-order valence-corrected chi connectivity index (χ0v) is 12.5. The smallest absolute Gasteiger partial charge is 0.350 e. The Bertz CT molecular complexity index is 861. The Hall–Kier alpha value is -2.34. The van der Waals surface area contributed by atoms with E-state index in [1.54, 1.807) is 13.2 Å². The highest BCUT2D eigenvalue weighted by atomic mass is 32.2. The fraction of sp³-hybridized carbons (Fsp3) is 0.125. The molecule has 0 atom stereocenters. The van der Waals surface area contributed by atoms with Gasteiger partial charge in [0.25, 0.3) is 5.22 Å². The molecule has 0 aliphatic rings. The van der Waals surface area contributed by atoms with Crippen molar-refractivity contribution in [3.63, 3.8) is 0 Å². The Morgan fingerprint density at radius 1 is 1.23 bits per heavy atom. The van der Waals surface area contributed by atoms with E-state index < -0.39 is 11.4 Å². The number of aromatic nitrogens is 1. The lowest BCUT2D eigenvalue weighted by molar-refractivity contribution is 0.399. The summed E-state index contributed by atoms with van der Waals surface area (Å²) in [5.41, 5.74) is 0.628. The monoisotopic (exact) mass is 317 g/mol. The zero-order chi connectivity index (χ0) is 15.5. The molecule has 0 saturated carbocycles. The van der Waals surface area contributed by atoms with Gasteiger partial charge in [0.2, 0.25) is 0 Å². The molecule has 22 heavy (non-hydrogen) atoms. The van der Waals surface area contributed by atoms with Crippen LogP contribution in [0, 0.1) is 5.82 Å². The Balaban J connectivity index is 1.83. The number of fused-ring (bicyclic) bond motifs is 1. The van der Waals surface area contributed by atoms with E-state index in [1.165, 1.54) is 23.9 Å². The molecule has 0 amide bonds. The van der Waals surface area contributed by atoms with Crippen LogP contribution in [0.3, 0.4) is 0 Å². The third-order valence-corrected chi connectivity index (χ3v) is 4.01. The highest BCUT2D eigenvalue weighted by Crippen LogP contribution is 2.23.